The molecule has 0 aliphatic heterocycles. The molecule has 25 heavy (non-hydrogen) atoms. The number of aromatic nitrogens is 7. The van der Waals surface area contributed by atoms with Crippen molar-refractivity contribution >= 4 is 11.5 Å². The molecule has 3 aromatic heterocycles. The van der Waals surface area contributed by atoms with Gasteiger partial charge in [0.15, 0.2) is 17.5 Å². The third-order valence-corrected chi connectivity index (χ3v) is 4.65. The van der Waals surface area contributed by atoms with Gasteiger partial charge in [0.1, 0.15) is 17.8 Å². The van der Waals surface area contributed by atoms with E-state index in [2.05, 4.69) is 35.1 Å². The lowest BCUT2D eigenvalue weighted by molar-refractivity contribution is 0.650. The molecule has 0 aromatic carbocycles. The number of nitrogens with two attached hydrogens (primary N) is 1. The van der Waals surface area contributed by atoms with E-state index >= 15 is 0 Å². The van der Waals surface area contributed by atoms with Crippen molar-refractivity contribution in [3.63, 3.8) is 0 Å². The van der Waals surface area contributed by atoms with Crippen LogP contribution >= 0.6 is 0 Å². The van der Waals surface area contributed by atoms with Crippen LogP contribution in [0.25, 0.3) is 5.82 Å². The van der Waals surface area contributed by atoms with Crippen LogP contribution in [-0.4, -0.2) is 34.5 Å². The molecule has 0 amide bonds. The molecule has 2 fully saturated rings. The largest absolute Gasteiger partial charge is 0.393 e. The summed E-state index contributed by atoms with van der Waals surface area (Å²) >= 11 is 0. The molecule has 2 saturated carbocycles. The molecule has 2 aliphatic rings. The average molecular weight is 337 g/mol. The van der Waals surface area contributed by atoms with Crippen LogP contribution in [0.2, 0.25) is 0 Å². The average Bonchev–Trinajstić information content (AvgIpc) is 3.55. The molecule has 0 spiro atoms. The zero-order chi connectivity index (χ0) is 16.8. The molecule has 0 saturated heterocycles. The van der Waals surface area contributed by atoms with Crippen LogP contribution in [0.15, 0.2) is 24.8 Å². The molecule has 5 rings (SSSR count). The summed E-state index contributed by atoms with van der Waals surface area (Å²) in [5.41, 5.74) is 6.69. The van der Waals surface area contributed by atoms with Gasteiger partial charge in [-0.2, -0.15) is 5.10 Å². The van der Waals surface area contributed by atoms with E-state index in [1.54, 1.807) is 17.1 Å². The predicted octanol–water partition coefficient (Wildman–Crippen LogP) is 1.66. The van der Waals surface area contributed by atoms with Crippen molar-refractivity contribution in [2.75, 3.05) is 11.1 Å². The highest BCUT2D eigenvalue weighted by atomic mass is 15.3. The molecule has 9 nitrogen and oxygen atoms in total. The molecule has 0 unspecified atom stereocenters. The van der Waals surface area contributed by atoms with E-state index in [-0.39, 0.29) is 0 Å². The third-order valence-electron chi connectivity index (χ3n) is 4.65. The minimum absolute atomic E-state index is 0.464. The number of nitrogen functional groups attached to an aromatic ring is 1. The quantitative estimate of drug-likeness (QED) is 0.703. The zero-order valence-corrected chi connectivity index (χ0v) is 13.7. The number of hydrogen-bond donors (Lipinski definition) is 2. The first-order chi connectivity index (χ1) is 12.3. The second kappa shape index (κ2) is 5.54. The van der Waals surface area contributed by atoms with Crippen molar-refractivity contribution in [2.24, 2.45) is 0 Å². The maximum atomic E-state index is 6.22. The second-order valence-electron chi connectivity index (χ2n) is 6.61. The summed E-state index contributed by atoms with van der Waals surface area (Å²) in [6, 6.07) is 2.39. The smallest absolute Gasteiger partial charge is 0.181 e. The highest BCUT2D eigenvalue weighted by Crippen LogP contribution is 2.44. The van der Waals surface area contributed by atoms with Gasteiger partial charge in [-0.3, -0.25) is 0 Å². The monoisotopic (exact) mass is 337 g/mol. The van der Waals surface area contributed by atoms with E-state index in [4.69, 9.17) is 5.73 Å². The van der Waals surface area contributed by atoms with Crippen LogP contribution in [0.1, 0.15) is 49.3 Å². The Kier molecular flexibility index (Phi) is 3.19. The van der Waals surface area contributed by atoms with Crippen LogP contribution in [0.4, 0.5) is 11.5 Å². The Morgan fingerprint density at radius 3 is 2.76 bits per heavy atom. The fraction of sp³-hybridized carbons (Fsp3) is 0.438. The minimum atomic E-state index is 0.464. The number of nitrogens with zero attached hydrogens (tertiary/aromatic N) is 7. The summed E-state index contributed by atoms with van der Waals surface area (Å²) in [5.74, 6) is 3.83. The number of hydrogen-bond acceptors (Lipinski definition) is 7. The molecular weight excluding hydrogens is 318 g/mol. The Morgan fingerprint density at radius 1 is 1.16 bits per heavy atom. The number of anilines is 2. The molecule has 9 heteroatoms. The van der Waals surface area contributed by atoms with Crippen molar-refractivity contribution in [1.82, 2.24) is 34.5 Å². The van der Waals surface area contributed by atoms with Crippen molar-refractivity contribution in [3.05, 3.63) is 36.4 Å². The van der Waals surface area contributed by atoms with E-state index in [1.807, 2.05) is 6.07 Å². The lowest BCUT2D eigenvalue weighted by atomic mass is 10.3. The van der Waals surface area contributed by atoms with Crippen molar-refractivity contribution in [1.29, 1.82) is 0 Å². The van der Waals surface area contributed by atoms with Crippen LogP contribution in [0.3, 0.4) is 0 Å². The molecule has 3 N–H and O–H groups in total. The van der Waals surface area contributed by atoms with Crippen LogP contribution in [0.5, 0.6) is 0 Å². The molecule has 0 radical (unpaired) electrons. The molecule has 3 aromatic rings. The summed E-state index contributed by atoms with van der Waals surface area (Å²) in [6.07, 6.45) is 9.85. The van der Waals surface area contributed by atoms with Crippen LogP contribution < -0.4 is 11.1 Å². The normalized spacial score (nSPS) is 17.0. The van der Waals surface area contributed by atoms with Crippen LogP contribution in [-0.2, 0) is 6.54 Å². The third kappa shape index (κ3) is 2.61. The summed E-state index contributed by atoms with van der Waals surface area (Å²) in [5, 5.41) is 16.3. The first-order valence-corrected chi connectivity index (χ1v) is 8.59. The Labute approximate surface area is 144 Å². The molecule has 0 bridgehead atoms. The van der Waals surface area contributed by atoms with E-state index in [0.717, 1.165) is 11.6 Å². The summed E-state index contributed by atoms with van der Waals surface area (Å²) in [6.45, 7) is 0.538. The predicted molar refractivity (Wildman–Crippen MR) is 91.2 cm³/mol. The molecule has 2 aliphatic carbocycles. The number of nitrogens with one attached hydrogen (secondary N) is 1. The Hall–Kier alpha value is -2.97. The molecule has 128 valence electrons. The van der Waals surface area contributed by atoms with E-state index in [0.29, 0.717) is 35.8 Å². The summed E-state index contributed by atoms with van der Waals surface area (Å²) < 4.78 is 3.94. The van der Waals surface area contributed by atoms with Gasteiger partial charge in [0.05, 0.1) is 6.54 Å². The van der Waals surface area contributed by atoms with Gasteiger partial charge < -0.3 is 15.6 Å². The first kappa shape index (κ1) is 14.4. The standard InChI is InChI=1S/C16H19N9/c17-13-14(19-9-20-16(13)24-7-1-6-21-24)18-8-12-22-23-15(10-2-3-10)25(12)11-4-5-11/h1,6-7,9-11H,2-5,8,17H2,(H,18,19,20). The zero-order valence-electron chi connectivity index (χ0n) is 13.7. The summed E-state index contributed by atoms with van der Waals surface area (Å²) in [4.78, 5) is 8.48. The fourth-order valence-corrected chi connectivity index (χ4v) is 3.08. The molecule has 3 heterocycles. The lowest BCUT2D eigenvalue weighted by Crippen LogP contribution is -2.13. The Balaban J connectivity index is 1.39. The lowest BCUT2D eigenvalue weighted by Gasteiger charge is -2.12. The van der Waals surface area contributed by atoms with E-state index in [9.17, 15) is 0 Å². The van der Waals surface area contributed by atoms with Gasteiger partial charge in [-0.15, -0.1) is 10.2 Å². The van der Waals surface area contributed by atoms with Gasteiger partial charge in [0, 0.05) is 24.4 Å². The highest BCUT2D eigenvalue weighted by molar-refractivity contribution is 5.68. The second-order valence-corrected chi connectivity index (χ2v) is 6.61. The van der Waals surface area contributed by atoms with Crippen molar-refractivity contribution < 1.29 is 0 Å². The maximum absolute atomic E-state index is 6.22. The molecular formula is C16H19N9. The van der Waals surface area contributed by atoms with Gasteiger partial charge in [-0.1, -0.05) is 0 Å². The van der Waals surface area contributed by atoms with Crippen LogP contribution in [0, 0.1) is 0 Å². The maximum Gasteiger partial charge on any atom is 0.181 e. The van der Waals surface area contributed by atoms with Gasteiger partial charge >= 0.3 is 0 Å². The van der Waals surface area contributed by atoms with Gasteiger partial charge in [0.25, 0.3) is 0 Å². The topological polar surface area (TPSA) is 112 Å². The van der Waals surface area contributed by atoms with E-state index in [1.165, 1.54) is 32.0 Å². The Bertz CT molecular complexity index is 890. The fourth-order valence-electron chi connectivity index (χ4n) is 3.08. The van der Waals surface area contributed by atoms with Gasteiger partial charge in [-0.25, -0.2) is 14.6 Å². The van der Waals surface area contributed by atoms with Crippen molar-refractivity contribution in [2.45, 2.75) is 44.2 Å². The van der Waals surface area contributed by atoms with Gasteiger partial charge in [0.2, 0.25) is 0 Å². The SMILES string of the molecule is Nc1c(NCc2nnc(C3CC3)n2C2CC2)ncnc1-n1cccn1. The summed E-state index contributed by atoms with van der Waals surface area (Å²) in [7, 11) is 0. The van der Waals surface area contributed by atoms with Gasteiger partial charge in [-0.05, 0) is 31.7 Å². The minimum Gasteiger partial charge on any atom is -0.393 e. The van der Waals surface area contributed by atoms with Crippen molar-refractivity contribution in [3.8, 4) is 5.82 Å². The first-order valence-electron chi connectivity index (χ1n) is 8.59. The highest BCUT2D eigenvalue weighted by Gasteiger charge is 2.36. The molecule has 0 atom stereocenters. The van der Waals surface area contributed by atoms with E-state index < -0.39 is 0 Å². The Morgan fingerprint density at radius 2 is 2.04 bits per heavy atom. The number of rotatable bonds is 6.